The number of amides is 1. The number of aryl methyl sites for hydroxylation is 2. The molecule has 5 heteroatoms. The molecule has 0 aliphatic rings. The van der Waals surface area contributed by atoms with E-state index < -0.39 is 0 Å². The molecule has 0 spiro atoms. The minimum Gasteiger partial charge on any atom is -0.398 e. The van der Waals surface area contributed by atoms with Crippen LogP contribution in [0.3, 0.4) is 0 Å². The summed E-state index contributed by atoms with van der Waals surface area (Å²) in [6.07, 6.45) is 3.46. The smallest absolute Gasteiger partial charge is 0.252 e. The summed E-state index contributed by atoms with van der Waals surface area (Å²) in [5, 5.41) is 9.53. The standard InChI is InChI=1S/C14H18N4O/c1-8-4-9(2)13(15)5-12(8)14(19)18-10(3)11-6-16-17-7-11/h4-7,10H,15H2,1-3H3,(H,16,17)(H,18,19). The Morgan fingerprint density at radius 1 is 1.37 bits per heavy atom. The zero-order chi connectivity index (χ0) is 14.0. The lowest BCUT2D eigenvalue weighted by atomic mass is 10.0. The van der Waals surface area contributed by atoms with Crippen LogP contribution in [0.2, 0.25) is 0 Å². The van der Waals surface area contributed by atoms with Gasteiger partial charge in [-0.15, -0.1) is 0 Å². The fourth-order valence-electron chi connectivity index (χ4n) is 1.97. The Morgan fingerprint density at radius 2 is 2.11 bits per heavy atom. The summed E-state index contributed by atoms with van der Waals surface area (Å²) in [6.45, 7) is 5.75. The second kappa shape index (κ2) is 5.14. The zero-order valence-electron chi connectivity index (χ0n) is 11.3. The molecule has 0 saturated carbocycles. The Morgan fingerprint density at radius 3 is 2.74 bits per heavy atom. The van der Waals surface area contributed by atoms with Crippen LogP contribution in [0.4, 0.5) is 5.69 Å². The van der Waals surface area contributed by atoms with Crippen LogP contribution in [0, 0.1) is 13.8 Å². The van der Waals surface area contributed by atoms with Crippen LogP contribution in [-0.4, -0.2) is 16.1 Å². The van der Waals surface area contributed by atoms with Crippen LogP contribution >= 0.6 is 0 Å². The van der Waals surface area contributed by atoms with E-state index in [0.29, 0.717) is 11.3 Å². The Kier molecular flexibility index (Phi) is 3.55. The lowest BCUT2D eigenvalue weighted by Crippen LogP contribution is -2.27. The molecule has 0 bridgehead atoms. The predicted octanol–water partition coefficient (Wildman–Crippen LogP) is 2.10. The summed E-state index contributed by atoms with van der Waals surface area (Å²) >= 11 is 0. The molecule has 1 atom stereocenters. The molecular weight excluding hydrogens is 240 g/mol. The largest absolute Gasteiger partial charge is 0.398 e. The number of nitrogen functional groups attached to an aromatic ring is 1. The summed E-state index contributed by atoms with van der Waals surface area (Å²) < 4.78 is 0. The van der Waals surface area contributed by atoms with Gasteiger partial charge in [-0.2, -0.15) is 5.10 Å². The van der Waals surface area contributed by atoms with Crippen LogP contribution in [-0.2, 0) is 0 Å². The van der Waals surface area contributed by atoms with Gasteiger partial charge in [-0.3, -0.25) is 9.89 Å². The number of carbonyl (C=O) groups excluding carboxylic acids is 1. The van der Waals surface area contributed by atoms with Gasteiger partial charge in [0.15, 0.2) is 0 Å². The third-order valence-electron chi connectivity index (χ3n) is 3.22. The summed E-state index contributed by atoms with van der Waals surface area (Å²) in [5.41, 5.74) is 9.94. The van der Waals surface area contributed by atoms with Crippen molar-refractivity contribution >= 4 is 11.6 Å². The number of hydrogen-bond acceptors (Lipinski definition) is 3. The highest BCUT2D eigenvalue weighted by atomic mass is 16.1. The van der Waals surface area contributed by atoms with Crippen molar-refractivity contribution in [3.63, 3.8) is 0 Å². The van der Waals surface area contributed by atoms with Crippen molar-refractivity contribution in [2.24, 2.45) is 0 Å². The van der Waals surface area contributed by atoms with Gasteiger partial charge in [-0.05, 0) is 38.0 Å². The second-order valence-electron chi connectivity index (χ2n) is 4.75. The molecule has 1 aromatic heterocycles. The number of aromatic nitrogens is 2. The fraction of sp³-hybridized carbons (Fsp3) is 0.286. The van der Waals surface area contributed by atoms with E-state index in [1.807, 2.05) is 26.8 Å². The molecule has 0 fully saturated rings. The number of nitrogens with one attached hydrogen (secondary N) is 2. The van der Waals surface area contributed by atoms with Crippen LogP contribution in [0.15, 0.2) is 24.5 Å². The molecule has 19 heavy (non-hydrogen) atoms. The third-order valence-corrected chi connectivity index (χ3v) is 3.22. The summed E-state index contributed by atoms with van der Waals surface area (Å²) in [4.78, 5) is 12.2. The van der Waals surface area contributed by atoms with E-state index in [2.05, 4.69) is 15.5 Å². The normalized spacial score (nSPS) is 12.2. The Bertz CT molecular complexity index is 590. The highest BCUT2D eigenvalue weighted by Gasteiger charge is 2.15. The van der Waals surface area contributed by atoms with Gasteiger partial charge in [0.2, 0.25) is 0 Å². The third kappa shape index (κ3) is 2.76. The molecule has 0 saturated heterocycles. The lowest BCUT2D eigenvalue weighted by Gasteiger charge is -2.14. The van der Waals surface area contributed by atoms with Crippen LogP contribution in [0.5, 0.6) is 0 Å². The van der Waals surface area contributed by atoms with Gasteiger partial charge in [-0.1, -0.05) is 6.07 Å². The SMILES string of the molecule is Cc1cc(C)c(C(=O)NC(C)c2cn[nH]c2)cc1N. The van der Waals surface area contributed by atoms with Crippen LogP contribution < -0.4 is 11.1 Å². The second-order valence-corrected chi connectivity index (χ2v) is 4.75. The summed E-state index contributed by atoms with van der Waals surface area (Å²) in [6, 6.07) is 3.54. The molecule has 0 radical (unpaired) electrons. The number of carbonyl (C=O) groups is 1. The quantitative estimate of drug-likeness (QED) is 0.737. The Balaban J connectivity index is 2.19. The molecule has 4 N–H and O–H groups in total. The number of benzene rings is 1. The summed E-state index contributed by atoms with van der Waals surface area (Å²) in [5.74, 6) is -0.127. The first-order valence-corrected chi connectivity index (χ1v) is 6.15. The molecule has 5 nitrogen and oxygen atoms in total. The van der Waals surface area contributed by atoms with E-state index in [1.165, 1.54) is 0 Å². The first-order valence-electron chi connectivity index (χ1n) is 6.15. The minimum atomic E-state index is -0.127. The number of aromatic amines is 1. The molecule has 2 aromatic rings. The zero-order valence-corrected chi connectivity index (χ0v) is 11.3. The first-order chi connectivity index (χ1) is 8.99. The highest BCUT2D eigenvalue weighted by molar-refractivity contribution is 5.97. The average Bonchev–Trinajstić information content (AvgIpc) is 2.87. The van der Waals surface area contributed by atoms with Gasteiger partial charge < -0.3 is 11.1 Å². The number of nitrogens with zero attached hydrogens (tertiary/aromatic N) is 1. The van der Waals surface area contributed by atoms with Crippen molar-refractivity contribution in [2.75, 3.05) is 5.73 Å². The fourth-order valence-corrected chi connectivity index (χ4v) is 1.97. The van der Waals surface area contributed by atoms with Crippen LogP contribution in [0.1, 0.15) is 40.0 Å². The van der Waals surface area contributed by atoms with E-state index in [9.17, 15) is 4.79 Å². The van der Waals surface area contributed by atoms with Crippen LogP contribution in [0.25, 0.3) is 0 Å². The highest BCUT2D eigenvalue weighted by Crippen LogP contribution is 2.19. The van der Waals surface area contributed by atoms with Crippen molar-refractivity contribution < 1.29 is 4.79 Å². The molecule has 0 aliphatic heterocycles. The molecule has 0 aliphatic carbocycles. The molecule has 100 valence electrons. The van der Waals surface area contributed by atoms with Crippen molar-refractivity contribution in [3.8, 4) is 0 Å². The maximum Gasteiger partial charge on any atom is 0.252 e. The Labute approximate surface area is 112 Å². The van der Waals surface area contributed by atoms with E-state index >= 15 is 0 Å². The molecular formula is C14H18N4O. The molecule has 1 heterocycles. The molecule has 1 amide bonds. The molecule has 1 unspecified atom stereocenters. The number of rotatable bonds is 3. The van der Waals surface area contributed by atoms with E-state index in [-0.39, 0.29) is 11.9 Å². The minimum absolute atomic E-state index is 0.104. The van der Waals surface area contributed by atoms with Crippen molar-refractivity contribution in [2.45, 2.75) is 26.8 Å². The number of nitrogens with two attached hydrogens (primary N) is 1. The van der Waals surface area contributed by atoms with Crippen molar-refractivity contribution in [1.29, 1.82) is 0 Å². The van der Waals surface area contributed by atoms with Gasteiger partial charge in [0.25, 0.3) is 5.91 Å². The topological polar surface area (TPSA) is 83.8 Å². The maximum absolute atomic E-state index is 12.2. The lowest BCUT2D eigenvalue weighted by molar-refractivity contribution is 0.0939. The van der Waals surface area contributed by atoms with Crippen molar-refractivity contribution in [1.82, 2.24) is 15.5 Å². The van der Waals surface area contributed by atoms with Gasteiger partial charge in [0, 0.05) is 23.0 Å². The number of anilines is 1. The molecule has 2 rings (SSSR count). The van der Waals surface area contributed by atoms with E-state index in [4.69, 9.17) is 5.73 Å². The Hall–Kier alpha value is -2.30. The first kappa shape index (κ1) is 13.1. The van der Waals surface area contributed by atoms with Gasteiger partial charge in [0.05, 0.1) is 12.2 Å². The number of H-pyrrole nitrogens is 1. The number of hydrogen-bond donors (Lipinski definition) is 3. The van der Waals surface area contributed by atoms with Gasteiger partial charge in [-0.25, -0.2) is 0 Å². The average molecular weight is 258 g/mol. The van der Waals surface area contributed by atoms with Crippen molar-refractivity contribution in [3.05, 3.63) is 46.8 Å². The predicted molar refractivity (Wildman–Crippen MR) is 74.8 cm³/mol. The molecule has 1 aromatic carbocycles. The van der Waals surface area contributed by atoms with E-state index in [0.717, 1.165) is 16.7 Å². The summed E-state index contributed by atoms with van der Waals surface area (Å²) in [7, 11) is 0. The van der Waals surface area contributed by atoms with Gasteiger partial charge >= 0.3 is 0 Å². The monoisotopic (exact) mass is 258 g/mol. The van der Waals surface area contributed by atoms with Gasteiger partial charge in [0.1, 0.15) is 0 Å². The maximum atomic E-state index is 12.2. The van der Waals surface area contributed by atoms with E-state index in [1.54, 1.807) is 18.5 Å².